The summed E-state index contributed by atoms with van der Waals surface area (Å²) >= 11 is 5.77. The van der Waals surface area contributed by atoms with E-state index in [9.17, 15) is 4.79 Å². The molecule has 1 aliphatic carbocycles. The molecule has 0 radical (unpaired) electrons. The molecule has 0 spiro atoms. The van der Waals surface area contributed by atoms with Gasteiger partial charge in [-0.05, 0) is 30.5 Å². The van der Waals surface area contributed by atoms with Crippen LogP contribution in [0.2, 0.25) is 5.02 Å². The van der Waals surface area contributed by atoms with Crippen molar-refractivity contribution in [2.45, 2.75) is 18.3 Å². The van der Waals surface area contributed by atoms with Gasteiger partial charge in [0.1, 0.15) is 0 Å². The SMILES string of the molecule is [N-]=[N+]=CC(=O)C1(c2ccc(Cl)cc2)CC1. The largest absolute Gasteiger partial charge is 0.361 e. The summed E-state index contributed by atoms with van der Waals surface area (Å²) < 4.78 is 0. The van der Waals surface area contributed by atoms with Crippen molar-refractivity contribution in [2.24, 2.45) is 0 Å². The first kappa shape index (κ1) is 10.1. The van der Waals surface area contributed by atoms with Gasteiger partial charge in [0, 0.05) is 5.02 Å². The standard InChI is InChI=1S/C11H9ClN2O/c12-9-3-1-8(2-4-9)11(5-6-11)10(15)7-14-13/h1-4,7H,5-6H2. The first-order chi connectivity index (χ1) is 7.19. The van der Waals surface area contributed by atoms with E-state index in [1.54, 1.807) is 12.1 Å². The van der Waals surface area contributed by atoms with Crippen molar-refractivity contribution < 1.29 is 9.58 Å². The summed E-state index contributed by atoms with van der Waals surface area (Å²) in [7, 11) is 0. The lowest BCUT2D eigenvalue weighted by molar-refractivity contribution is -0.118. The third kappa shape index (κ3) is 1.72. The zero-order chi connectivity index (χ0) is 10.9. The predicted molar refractivity (Wildman–Crippen MR) is 57.1 cm³/mol. The van der Waals surface area contributed by atoms with E-state index in [-0.39, 0.29) is 5.78 Å². The second kappa shape index (κ2) is 3.61. The van der Waals surface area contributed by atoms with Gasteiger partial charge in [-0.3, -0.25) is 4.79 Å². The number of Topliss-reactive ketones (excluding diaryl/α,β-unsaturated/α-hetero) is 1. The number of halogens is 1. The zero-order valence-corrected chi connectivity index (χ0v) is 8.74. The van der Waals surface area contributed by atoms with Gasteiger partial charge in [0.25, 0.3) is 0 Å². The second-order valence-corrected chi connectivity index (χ2v) is 4.13. The van der Waals surface area contributed by atoms with Gasteiger partial charge in [0.05, 0.1) is 5.41 Å². The lowest BCUT2D eigenvalue weighted by atomic mass is 9.92. The molecule has 0 atom stereocenters. The Morgan fingerprint density at radius 3 is 2.47 bits per heavy atom. The minimum Gasteiger partial charge on any atom is -0.361 e. The molecule has 0 aliphatic heterocycles. The fraction of sp³-hybridized carbons (Fsp3) is 0.273. The van der Waals surface area contributed by atoms with Crippen molar-refractivity contribution in [1.82, 2.24) is 0 Å². The van der Waals surface area contributed by atoms with Crippen molar-refractivity contribution in [1.29, 1.82) is 0 Å². The summed E-state index contributed by atoms with van der Waals surface area (Å²) in [5.41, 5.74) is 8.83. The summed E-state index contributed by atoms with van der Waals surface area (Å²) in [5, 5.41) is 0.651. The summed E-state index contributed by atoms with van der Waals surface area (Å²) in [4.78, 5) is 14.5. The Morgan fingerprint density at radius 1 is 1.40 bits per heavy atom. The van der Waals surface area contributed by atoms with Gasteiger partial charge in [0.2, 0.25) is 5.78 Å². The number of rotatable bonds is 3. The van der Waals surface area contributed by atoms with Crippen LogP contribution in [-0.4, -0.2) is 16.8 Å². The average Bonchev–Trinajstić information content (AvgIpc) is 3.00. The van der Waals surface area contributed by atoms with E-state index in [1.807, 2.05) is 12.1 Å². The van der Waals surface area contributed by atoms with E-state index in [0.29, 0.717) is 5.02 Å². The van der Waals surface area contributed by atoms with E-state index in [1.165, 1.54) is 0 Å². The highest BCUT2D eigenvalue weighted by Crippen LogP contribution is 2.48. The van der Waals surface area contributed by atoms with Crippen LogP contribution in [-0.2, 0) is 10.2 Å². The number of ketones is 1. The Labute approximate surface area is 92.3 Å². The highest BCUT2D eigenvalue weighted by Gasteiger charge is 2.51. The van der Waals surface area contributed by atoms with Gasteiger partial charge < -0.3 is 5.53 Å². The molecule has 0 heterocycles. The summed E-state index contributed by atoms with van der Waals surface area (Å²) in [6.07, 6.45) is 2.58. The molecule has 0 unspecified atom stereocenters. The van der Waals surface area contributed by atoms with E-state index in [2.05, 4.69) is 4.79 Å². The Morgan fingerprint density at radius 2 is 2.00 bits per heavy atom. The number of nitrogens with zero attached hydrogens (tertiary/aromatic N) is 2. The lowest BCUT2D eigenvalue weighted by Gasteiger charge is -2.09. The molecule has 1 fully saturated rings. The van der Waals surface area contributed by atoms with E-state index in [0.717, 1.165) is 24.6 Å². The van der Waals surface area contributed by atoms with Gasteiger partial charge in [-0.15, -0.1) is 0 Å². The number of carbonyl (C=O) groups is 1. The molecule has 1 aliphatic rings. The van der Waals surface area contributed by atoms with Crippen LogP contribution in [0.1, 0.15) is 18.4 Å². The maximum Gasteiger partial charge on any atom is 0.324 e. The van der Waals surface area contributed by atoms with Crippen LogP contribution >= 0.6 is 11.6 Å². The molecule has 3 nitrogen and oxygen atoms in total. The molecule has 1 aromatic carbocycles. The first-order valence-electron chi connectivity index (χ1n) is 4.67. The molecule has 1 saturated carbocycles. The molecule has 15 heavy (non-hydrogen) atoms. The van der Waals surface area contributed by atoms with Crippen molar-refractivity contribution >= 4 is 23.6 Å². The van der Waals surface area contributed by atoms with Crippen molar-refractivity contribution in [2.75, 3.05) is 0 Å². The zero-order valence-electron chi connectivity index (χ0n) is 7.98. The topological polar surface area (TPSA) is 53.5 Å². The van der Waals surface area contributed by atoms with Crippen LogP contribution < -0.4 is 0 Å². The van der Waals surface area contributed by atoms with Gasteiger partial charge in [-0.25, -0.2) is 0 Å². The van der Waals surface area contributed by atoms with E-state index >= 15 is 0 Å². The van der Waals surface area contributed by atoms with Gasteiger partial charge in [-0.1, -0.05) is 23.7 Å². The fourth-order valence-corrected chi connectivity index (χ4v) is 1.87. The summed E-state index contributed by atoms with van der Waals surface area (Å²) in [6.45, 7) is 0. The van der Waals surface area contributed by atoms with Crippen molar-refractivity contribution in [3.63, 3.8) is 0 Å². The van der Waals surface area contributed by atoms with Crippen LogP contribution in [0, 0.1) is 0 Å². The number of hydrogen-bond acceptors (Lipinski definition) is 1. The van der Waals surface area contributed by atoms with Crippen LogP contribution in [0.3, 0.4) is 0 Å². The lowest BCUT2D eigenvalue weighted by Crippen LogP contribution is -2.21. The summed E-state index contributed by atoms with van der Waals surface area (Å²) in [6, 6.07) is 7.22. The maximum absolute atomic E-state index is 11.7. The molecule has 0 bridgehead atoms. The Balaban J connectivity index is 2.34. The Bertz CT molecular complexity index is 442. The Hall–Kier alpha value is -1.44. The molecule has 0 amide bonds. The quantitative estimate of drug-likeness (QED) is 0.438. The molecule has 76 valence electrons. The number of carbonyl (C=O) groups excluding carboxylic acids is 1. The van der Waals surface area contributed by atoms with Gasteiger partial charge in [-0.2, -0.15) is 4.79 Å². The molecule has 1 aromatic rings. The number of hydrogen-bond donors (Lipinski definition) is 0. The third-order valence-corrected chi connectivity index (χ3v) is 3.05. The highest BCUT2D eigenvalue weighted by molar-refractivity contribution is 6.31. The van der Waals surface area contributed by atoms with Gasteiger partial charge >= 0.3 is 6.21 Å². The van der Waals surface area contributed by atoms with Crippen LogP contribution in [0.15, 0.2) is 24.3 Å². The average molecular weight is 221 g/mol. The van der Waals surface area contributed by atoms with E-state index in [4.69, 9.17) is 17.1 Å². The summed E-state index contributed by atoms with van der Waals surface area (Å²) in [5.74, 6) is -0.146. The first-order valence-corrected chi connectivity index (χ1v) is 5.05. The molecular weight excluding hydrogens is 212 g/mol. The molecule has 2 rings (SSSR count). The Kier molecular flexibility index (Phi) is 2.43. The van der Waals surface area contributed by atoms with Crippen LogP contribution in [0.25, 0.3) is 5.53 Å². The fourth-order valence-electron chi connectivity index (χ4n) is 1.75. The minimum absolute atomic E-state index is 0.146. The monoisotopic (exact) mass is 220 g/mol. The third-order valence-electron chi connectivity index (χ3n) is 2.79. The smallest absolute Gasteiger partial charge is 0.324 e. The van der Waals surface area contributed by atoms with E-state index < -0.39 is 5.41 Å². The van der Waals surface area contributed by atoms with Crippen molar-refractivity contribution in [3.05, 3.63) is 40.4 Å². The minimum atomic E-state index is -0.461. The molecule has 0 aromatic heterocycles. The molecular formula is C11H9ClN2O. The highest BCUT2D eigenvalue weighted by atomic mass is 35.5. The van der Waals surface area contributed by atoms with Crippen molar-refractivity contribution in [3.8, 4) is 0 Å². The normalized spacial score (nSPS) is 16.6. The molecule has 0 saturated heterocycles. The predicted octanol–water partition coefficient (Wildman–Crippen LogP) is 2.24. The maximum atomic E-state index is 11.7. The molecule has 0 N–H and O–H groups in total. The molecule has 4 heteroatoms. The van der Waals surface area contributed by atoms with Crippen LogP contribution in [0.5, 0.6) is 0 Å². The number of benzene rings is 1. The van der Waals surface area contributed by atoms with Crippen LogP contribution in [0.4, 0.5) is 0 Å². The second-order valence-electron chi connectivity index (χ2n) is 3.70. The van der Waals surface area contributed by atoms with Gasteiger partial charge in [0.15, 0.2) is 0 Å².